The molecule has 3 aromatic heterocycles. The van der Waals surface area contributed by atoms with Gasteiger partial charge < -0.3 is 31.0 Å². The first kappa shape index (κ1) is 32.7. The molecule has 14 heteroatoms. The van der Waals surface area contributed by atoms with Crippen molar-refractivity contribution in [1.82, 2.24) is 35.1 Å². The second kappa shape index (κ2) is 13.7. The lowest BCUT2D eigenvalue weighted by Gasteiger charge is -2.32. The number of likely N-dealkylation sites (tertiary alicyclic amines) is 1. The highest BCUT2D eigenvalue weighted by molar-refractivity contribution is 5.97. The van der Waals surface area contributed by atoms with Crippen LogP contribution in [-0.4, -0.2) is 80.7 Å². The molecule has 14 nitrogen and oxygen atoms in total. The van der Waals surface area contributed by atoms with Crippen molar-refractivity contribution >= 4 is 52.2 Å². The number of rotatable bonds is 11. The molecule has 1 fully saturated rings. The van der Waals surface area contributed by atoms with Gasteiger partial charge in [-0.25, -0.2) is 23.9 Å². The zero-order valence-corrected chi connectivity index (χ0v) is 27.3. The number of H-pyrrole nitrogens is 1. The van der Waals surface area contributed by atoms with E-state index in [9.17, 15) is 14.4 Å². The molecule has 0 radical (unpaired) electrons. The number of ether oxygens (including phenoxy) is 1. The van der Waals surface area contributed by atoms with Gasteiger partial charge in [-0.1, -0.05) is 0 Å². The molecule has 0 atom stereocenters. The van der Waals surface area contributed by atoms with Gasteiger partial charge in [0.1, 0.15) is 17.7 Å². The summed E-state index contributed by atoms with van der Waals surface area (Å²) >= 11 is 0. The van der Waals surface area contributed by atoms with Crippen LogP contribution in [-0.2, 0) is 29.2 Å². The van der Waals surface area contributed by atoms with E-state index in [0.29, 0.717) is 42.2 Å². The third-order valence-electron chi connectivity index (χ3n) is 8.20. The fourth-order valence-corrected chi connectivity index (χ4v) is 6.01. The fraction of sp³-hybridized carbons (Fsp3) is 0.500. The molecule has 5 N–H and O–H groups in total. The molecular formula is C32H45N10O4+. The number of anilines is 2. The molecular weight excluding hydrogens is 588 g/mol. The van der Waals surface area contributed by atoms with Gasteiger partial charge in [0, 0.05) is 50.0 Å². The zero-order chi connectivity index (χ0) is 33.0. The summed E-state index contributed by atoms with van der Waals surface area (Å²) in [4.78, 5) is 53.3. The monoisotopic (exact) mass is 633 g/mol. The summed E-state index contributed by atoms with van der Waals surface area (Å²) < 4.78 is 9.62. The fourth-order valence-electron chi connectivity index (χ4n) is 6.01. The maximum atomic E-state index is 13.2. The summed E-state index contributed by atoms with van der Waals surface area (Å²) in [5.74, 6) is 1.19. The number of nitrogen functional groups attached to an aromatic ring is 1. The second-order valence-electron chi connectivity index (χ2n) is 12.5. The lowest BCUT2D eigenvalue weighted by Crippen LogP contribution is -2.47. The third kappa shape index (κ3) is 7.22. The molecule has 3 amide bonds. The smallest absolute Gasteiger partial charge is 0.407 e. The van der Waals surface area contributed by atoms with Crippen molar-refractivity contribution in [3.8, 4) is 0 Å². The van der Waals surface area contributed by atoms with E-state index in [4.69, 9.17) is 10.5 Å². The van der Waals surface area contributed by atoms with E-state index in [1.54, 1.807) is 12.3 Å². The number of nitrogens with two attached hydrogens (primary N) is 1. The SMILES string of the molecule is CCn1c(CN(C=O)c2nc3cc[nH]c3nc2N)[n+](CC)c2ccc(C(=O)NCCN3CCC(NC(=O)OC(C)(C)C)CC3)cc21. The Labute approximate surface area is 268 Å². The number of nitrogens with zero attached hydrogens (tertiary/aromatic N) is 6. The Morgan fingerprint density at radius 1 is 1.20 bits per heavy atom. The molecule has 46 heavy (non-hydrogen) atoms. The number of nitrogens with one attached hydrogen (secondary N) is 3. The van der Waals surface area contributed by atoms with Crippen molar-refractivity contribution in [2.75, 3.05) is 36.8 Å². The molecule has 4 heterocycles. The van der Waals surface area contributed by atoms with Crippen LogP contribution in [0.4, 0.5) is 16.4 Å². The number of hydrogen-bond acceptors (Lipinski definition) is 8. The van der Waals surface area contributed by atoms with E-state index in [2.05, 4.69) is 39.6 Å². The number of fused-ring (bicyclic) bond motifs is 2. The van der Waals surface area contributed by atoms with Crippen molar-refractivity contribution in [2.24, 2.45) is 0 Å². The number of benzene rings is 1. The van der Waals surface area contributed by atoms with Crippen LogP contribution in [0.5, 0.6) is 0 Å². The van der Waals surface area contributed by atoms with Crippen molar-refractivity contribution in [3.05, 3.63) is 41.9 Å². The van der Waals surface area contributed by atoms with Crippen LogP contribution in [0.15, 0.2) is 30.5 Å². The van der Waals surface area contributed by atoms with E-state index in [1.807, 2.05) is 52.8 Å². The minimum atomic E-state index is -0.520. The number of hydrogen-bond donors (Lipinski definition) is 4. The van der Waals surface area contributed by atoms with Crippen LogP contribution in [0.25, 0.3) is 22.2 Å². The minimum absolute atomic E-state index is 0.0877. The van der Waals surface area contributed by atoms with Gasteiger partial charge in [0.05, 0.1) is 13.1 Å². The molecule has 1 aromatic carbocycles. The lowest BCUT2D eigenvalue weighted by molar-refractivity contribution is -0.676. The summed E-state index contributed by atoms with van der Waals surface area (Å²) in [6.45, 7) is 14.1. The molecule has 1 saturated heterocycles. The maximum Gasteiger partial charge on any atom is 0.407 e. The number of aromatic amines is 1. The quantitative estimate of drug-likeness (QED) is 0.144. The van der Waals surface area contributed by atoms with E-state index < -0.39 is 5.60 Å². The Morgan fingerprint density at radius 2 is 1.96 bits per heavy atom. The van der Waals surface area contributed by atoms with Crippen molar-refractivity contribution < 1.29 is 23.7 Å². The van der Waals surface area contributed by atoms with Crippen molar-refractivity contribution in [1.29, 1.82) is 0 Å². The molecule has 0 aliphatic carbocycles. The van der Waals surface area contributed by atoms with Gasteiger partial charge >= 0.3 is 6.09 Å². The average molecular weight is 634 g/mol. The Hall–Kier alpha value is -4.72. The number of carbonyl (C=O) groups excluding carboxylic acids is 3. The van der Waals surface area contributed by atoms with Gasteiger partial charge in [-0.05, 0) is 65.7 Å². The summed E-state index contributed by atoms with van der Waals surface area (Å²) in [6.07, 6.45) is 3.73. The first-order valence-corrected chi connectivity index (χ1v) is 15.9. The number of imidazole rings is 1. The van der Waals surface area contributed by atoms with Gasteiger partial charge in [-0.2, -0.15) is 0 Å². The molecule has 1 aliphatic rings. The maximum absolute atomic E-state index is 13.2. The van der Waals surface area contributed by atoms with Gasteiger partial charge in [-0.15, -0.1) is 0 Å². The summed E-state index contributed by atoms with van der Waals surface area (Å²) in [5.41, 5.74) is 9.28. The standard InChI is InChI=1S/C32H44N10O4/c1-6-41-24-9-8-21(30(44)35-14-17-39-15-11-22(12-16-39)36-31(45)46-32(3,4)5)18-25(24)42(7-2)26(41)19-40(20-43)29-27(33)38-28-23(37-29)10-13-34-28/h8-10,13,18,20,22H,6-7,11-12,14-17,19H2,1-5H3,(H4-,33,34,35,36,37,38,44,45)/p+1. The topological polar surface area (TPSA) is 167 Å². The number of aromatic nitrogens is 5. The van der Waals surface area contributed by atoms with Crippen molar-refractivity contribution in [3.63, 3.8) is 0 Å². The molecule has 246 valence electrons. The first-order chi connectivity index (χ1) is 22.0. The average Bonchev–Trinajstić information content (AvgIpc) is 3.59. The Morgan fingerprint density at radius 3 is 2.63 bits per heavy atom. The van der Waals surface area contributed by atoms with Gasteiger partial charge in [-0.3, -0.25) is 14.5 Å². The third-order valence-corrected chi connectivity index (χ3v) is 8.20. The van der Waals surface area contributed by atoms with Crippen LogP contribution in [0.1, 0.15) is 63.6 Å². The molecule has 0 unspecified atom stereocenters. The van der Waals surface area contributed by atoms with Crippen LogP contribution in [0.3, 0.4) is 0 Å². The Bertz CT molecular complexity index is 1720. The molecule has 0 bridgehead atoms. The Balaban J connectivity index is 1.23. The molecule has 0 saturated carbocycles. The van der Waals surface area contributed by atoms with E-state index >= 15 is 0 Å². The van der Waals surface area contributed by atoms with E-state index in [0.717, 1.165) is 55.7 Å². The van der Waals surface area contributed by atoms with Crippen LogP contribution < -0.4 is 25.8 Å². The number of carbonyl (C=O) groups is 3. The van der Waals surface area contributed by atoms with Crippen LogP contribution >= 0.6 is 0 Å². The predicted molar refractivity (Wildman–Crippen MR) is 175 cm³/mol. The van der Waals surface area contributed by atoms with Crippen LogP contribution in [0, 0.1) is 0 Å². The zero-order valence-electron chi connectivity index (χ0n) is 27.3. The summed E-state index contributed by atoms with van der Waals surface area (Å²) in [7, 11) is 0. The summed E-state index contributed by atoms with van der Waals surface area (Å²) in [5, 5.41) is 6.02. The summed E-state index contributed by atoms with van der Waals surface area (Å²) in [6, 6.07) is 7.57. The normalized spacial score (nSPS) is 14.5. The molecule has 5 rings (SSSR count). The predicted octanol–water partition coefficient (Wildman–Crippen LogP) is 2.70. The van der Waals surface area contributed by atoms with Crippen LogP contribution in [0.2, 0.25) is 0 Å². The highest BCUT2D eigenvalue weighted by Gasteiger charge is 2.28. The minimum Gasteiger partial charge on any atom is -0.444 e. The highest BCUT2D eigenvalue weighted by atomic mass is 16.6. The number of aryl methyl sites for hydroxylation is 2. The largest absolute Gasteiger partial charge is 0.444 e. The second-order valence-corrected chi connectivity index (χ2v) is 12.5. The number of alkyl carbamates (subject to hydrolysis) is 1. The lowest BCUT2D eigenvalue weighted by atomic mass is 10.1. The molecule has 4 aromatic rings. The Kier molecular flexibility index (Phi) is 9.75. The van der Waals surface area contributed by atoms with Gasteiger partial charge in [0.15, 0.2) is 28.3 Å². The molecule has 0 spiro atoms. The van der Waals surface area contributed by atoms with E-state index in [-0.39, 0.29) is 30.4 Å². The molecule has 1 aliphatic heterocycles. The number of amides is 3. The highest BCUT2D eigenvalue weighted by Crippen LogP contribution is 2.24. The van der Waals surface area contributed by atoms with Gasteiger partial charge in [0.2, 0.25) is 6.41 Å². The van der Waals surface area contributed by atoms with Gasteiger partial charge in [0.25, 0.3) is 11.7 Å². The van der Waals surface area contributed by atoms with Crippen molar-refractivity contribution in [2.45, 2.75) is 78.7 Å². The first-order valence-electron chi connectivity index (χ1n) is 15.9. The number of piperidine rings is 1. The van der Waals surface area contributed by atoms with E-state index in [1.165, 1.54) is 4.90 Å².